The van der Waals surface area contributed by atoms with Crippen LogP contribution in [0.5, 0.6) is 5.75 Å². The van der Waals surface area contributed by atoms with Crippen molar-refractivity contribution in [2.24, 2.45) is 0 Å². The molecular weight excluding hydrogens is 316 g/mol. The van der Waals surface area contributed by atoms with Crippen molar-refractivity contribution < 1.29 is 9.53 Å². The predicted molar refractivity (Wildman–Crippen MR) is 92.9 cm³/mol. The van der Waals surface area contributed by atoms with E-state index in [4.69, 9.17) is 4.74 Å². The van der Waals surface area contributed by atoms with E-state index in [1.165, 1.54) is 28.5 Å². The molecular formula is C19H18N4O2. The van der Waals surface area contributed by atoms with Gasteiger partial charge in [-0.25, -0.2) is 9.67 Å². The highest BCUT2D eigenvalue weighted by Gasteiger charge is 2.12. The Morgan fingerprint density at radius 3 is 2.80 bits per heavy atom. The Morgan fingerprint density at radius 1 is 1.16 bits per heavy atom. The van der Waals surface area contributed by atoms with Crippen LogP contribution in [0.1, 0.15) is 11.1 Å². The monoisotopic (exact) mass is 334 g/mol. The lowest BCUT2D eigenvalue weighted by molar-refractivity contribution is -0.122. The first-order chi connectivity index (χ1) is 12.3. The number of amides is 1. The molecule has 0 radical (unpaired) electrons. The summed E-state index contributed by atoms with van der Waals surface area (Å²) in [6.45, 7) is 1.44. The fourth-order valence-electron chi connectivity index (χ4n) is 2.90. The first kappa shape index (κ1) is 15.4. The van der Waals surface area contributed by atoms with E-state index in [9.17, 15) is 4.79 Å². The zero-order chi connectivity index (χ0) is 17.1. The van der Waals surface area contributed by atoms with E-state index in [-0.39, 0.29) is 12.5 Å². The molecule has 6 nitrogen and oxygen atoms in total. The zero-order valence-electron chi connectivity index (χ0n) is 13.7. The number of carbonyl (C=O) groups is 1. The van der Waals surface area contributed by atoms with Gasteiger partial charge >= 0.3 is 0 Å². The van der Waals surface area contributed by atoms with Gasteiger partial charge in [0.05, 0.1) is 6.61 Å². The molecule has 1 amide bonds. The molecule has 25 heavy (non-hydrogen) atoms. The molecule has 1 aliphatic rings. The van der Waals surface area contributed by atoms with Crippen molar-refractivity contribution in [3.63, 3.8) is 0 Å². The molecule has 2 heterocycles. The van der Waals surface area contributed by atoms with Gasteiger partial charge < -0.3 is 10.1 Å². The molecule has 0 unspecified atom stereocenters. The molecule has 1 aliphatic heterocycles. The average Bonchev–Trinajstić information content (AvgIpc) is 3.31. The maximum atomic E-state index is 11.9. The van der Waals surface area contributed by atoms with Crippen LogP contribution in [-0.2, 0) is 24.3 Å². The van der Waals surface area contributed by atoms with Crippen LogP contribution in [0.15, 0.2) is 55.1 Å². The molecule has 6 heteroatoms. The highest BCUT2D eigenvalue weighted by Crippen LogP contribution is 2.30. The van der Waals surface area contributed by atoms with Gasteiger partial charge in [-0.3, -0.25) is 4.79 Å². The maximum Gasteiger partial charge on any atom is 0.242 e. The van der Waals surface area contributed by atoms with Crippen LogP contribution >= 0.6 is 0 Å². The number of carbonyl (C=O) groups excluding carboxylic acids is 1. The number of nitrogens with one attached hydrogen (secondary N) is 1. The SMILES string of the molecule is O=C(Cn1cncn1)NCc1ccc(-c2ccc3c(c2)CCO3)cc1. The summed E-state index contributed by atoms with van der Waals surface area (Å²) in [6.07, 6.45) is 3.91. The fraction of sp³-hybridized carbons (Fsp3) is 0.211. The minimum atomic E-state index is -0.0896. The van der Waals surface area contributed by atoms with E-state index in [0.717, 1.165) is 29.9 Å². The number of rotatable bonds is 5. The van der Waals surface area contributed by atoms with Gasteiger partial charge in [0.25, 0.3) is 0 Å². The van der Waals surface area contributed by atoms with E-state index >= 15 is 0 Å². The Labute approximate surface area is 145 Å². The van der Waals surface area contributed by atoms with Crippen molar-refractivity contribution in [2.75, 3.05) is 6.61 Å². The summed E-state index contributed by atoms with van der Waals surface area (Å²) in [5, 5.41) is 6.80. The Kier molecular flexibility index (Phi) is 4.16. The summed E-state index contributed by atoms with van der Waals surface area (Å²) in [5.74, 6) is 0.906. The van der Waals surface area contributed by atoms with Crippen molar-refractivity contribution >= 4 is 5.91 Å². The molecule has 0 bridgehead atoms. The van der Waals surface area contributed by atoms with Crippen LogP contribution in [0.3, 0.4) is 0 Å². The second kappa shape index (κ2) is 6.76. The van der Waals surface area contributed by atoms with Crippen molar-refractivity contribution in [1.29, 1.82) is 0 Å². The number of nitrogens with zero attached hydrogens (tertiary/aromatic N) is 3. The summed E-state index contributed by atoms with van der Waals surface area (Å²) in [5.41, 5.74) is 4.67. The topological polar surface area (TPSA) is 69.0 Å². The molecule has 2 aromatic carbocycles. The molecule has 126 valence electrons. The largest absolute Gasteiger partial charge is 0.493 e. The molecule has 3 aromatic rings. The first-order valence-electron chi connectivity index (χ1n) is 8.22. The summed E-state index contributed by atoms with van der Waals surface area (Å²) < 4.78 is 7.05. The number of ether oxygens (including phenoxy) is 1. The lowest BCUT2D eigenvalue weighted by Gasteiger charge is -2.08. The summed E-state index contributed by atoms with van der Waals surface area (Å²) in [6, 6.07) is 14.5. The van der Waals surface area contributed by atoms with Crippen molar-refractivity contribution in [1.82, 2.24) is 20.1 Å². The van der Waals surface area contributed by atoms with E-state index in [0.29, 0.717) is 6.54 Å². The lowest BCUT2D eigenvalue weighted by Crippen LogP contribution is -2.27. The second-order valence-corrected chi connectivity index (χ2v) is 5.99. The average molecular weight is 334 g/mol. The molecule has 0 atom stereocenters. The van der Waals surface area contributed by atoms with E-state index in [1.54, 1.807) is 0 Å². The van der Waals surface area contributed by atoms with Crippen molar-refractivity contribution in [3.05, 3.63) is 66.2 Å². The zero-order valence-corrected chi connectivity index (χ0v) is 13.7. The molecule has 1 aromatic heterocycles. The standard InChI is InChI=1S/C19H18N4O2/c24-19(11-23-13-20-12-22-23)21-10-14-1-3-15(4-2-14)16-5-6-18-17(9-16)7-8-25-18/h1-6,9,12-13H,7-8,10-11H2,(H,21,24). The van der Waals surface area contributed by atoms with Crippen LogP contribution in [0, 0.1) is 0 Å². The van der Waals surface area contributed by atoms with Gasteiger partial charge in [-0.2, -0.15) is 5.10 Å². The maximum absolute atomic E-state index is 11.9. The highest BCUT2D eigenvalue weighted by atomic mass is 16.5. The van der Waals surface area contributed by atoms with Crippen LogP contribution < -0.4 is 10.1 Å². The molecule has 1 N–H and O–H groups in total. The van der Waals surface area contributed by atoms with Crippen LogP contribution in [0.2, 0.25) is 0 Å². The van der Waals surface area contributed by atoms with Gasteiger partial charge in [0.2, 0.25) is 5.91 Å². The van der Waals surface area contributed by atoms with E-state index in [2.05, 4.69) is 39.7 Å². The Morgan fingerprint density at radius 2 is 2.00 bits per heavy atom. The molecule has 0 fully saturated rings. The van der Waals surface area contributed by atoms with Crippen molar-refractivity contribution in [3.8, 4) is 16.9 Å². The van der Waals surface area contributed by atoms with Gasteiger partial charge in [0.15, 0.2) is 0 Å². The summed E-state index contributed by atoms with van der Waals surface area (Å²) >= 11 is 0. The summed E-state index contributed by atoms with van der Waals surface area (Å²) in [7, 11) is 0. The first-order valence-corrected chi connectivity index (χ1v) is 8.22. The molecule has 0 saturated carbocycles. The van der Waals surface area contributed by atoms with Gasteiger partial charge in [-0.1, -0.05) is 30.3 Å². The fourth-order valence-corrected chi connectivity index (χ4v) is 2.90. The third kappa shape index (κ3) is 3.52. The molecule has 0 spiro atoms. The third-order valence-electron chi connectivity index (χ3n) is 4.24. The Hall–Kier alpha value is -3.15. The number of benzene rings is 2. The van der Waals surface area contributed by atoms with Gasteiger partial charge in [-0.15, -0.1) is 0 Å². The van der Waals surface area contributed by atoms with Crippen molar-refractivity contribution in [2.45, 2.75) is 19.5 Å². The Balaban J connectivity index is 1.38. The van der Waals surface area contributed by atoms with Gasteiger partial charge in [0, 0.05) is 13.0 Å². The summed E-state index contributed by atoms with van der Waals surface area (Å²) in [4.78, 5) is 15.7. The van der Waals surface area contributed by atoms with Crippen LogP contribution in [0.4, 0.5) is 0 Å². The third-order valence-corrected chi connectivity index (χ3v) is 4.24. The predicted octanol–water partition coefficient (Wildman–Crippen LogP) is 2.20. The number of fused-ring (bicyclic) bond motifs is 1. The molecule has 0 saturated heterocycles. The quantitative estimate of drug-likeness (QED) is 0.777. The number of hydrogen-bond donors (Lipinski definition) is 1. The van der Waals surface area contributed by atoms with Gasteiger partial charge in [0.1, 0.15) is 24.9 Å². The van der Waals surface area contributed by atoms with Gasteiger partial charge in [-0.05, 0) is 34.4 Å². The number of aromatic nitrogens is 3. The smallest absolute Gasteiger partial charge is 0.242 e. The molecule has 0 aliphatic carbocycles. The van der Waals surface area contributed by atoms with E-state index in [1.807, 2.05) is 18.2 Å². The highest BCUT2D eigenvalue weighted by molar-refractivity contribution is 5.75. The Bertz CT molecular complexity index is 873. The minimum Gasteiger partial charge on any atom is -0.493 e. The normalized spacial score (nSPS) is 12.5. The van der Waals surface area contributed by atoms with Crippen LogP contribution in [-0.4, -0.2) is 27.3 Å². The van der Waals surface area contributed by atoms with E-state index < -0.39 is 0 Å². The number of hydrogen-bond acceptors (Lipinski definition) is 4. The minimum absolute atomic E-state index is 0.0896. The molecule has 4 rings (SSSR count). The lowest BCUT2D eigenvalue weighted by atomic mass is 10.0. The second-order valence-electron chi connectivity index (χ2n) is 5.99. The van der Waals surface area contributed by atoms with Crippen LogP contribution in [0.25, 0.3) is 11.1 Å².